The Hall–Kier alpha value is -2.35. The van der Waals surface area contributed by atoms with E-state index in [9.17, 15) is 18.8 Å². The molecule has 26 heavy (non-hydrogen) atoms. The van der Waals surface area contributed by atoms with Crippen LogP contribution < -0.4 is 4.90 Å². The topological polar surface area (TPSA) is 66.9 Å². The zero-order valence-electron chi connectivity index (χ0n) is 14.4. The Morgan fingerprint density at radius 1 is 1.31 bits per heavy atom. The van der Waals surface area contributed by atoms with Gasteiger partial charge in [0.1, 0.15) is 12.4 Å². The van der Waals surface area contributed by atoms with Gasteiger partial charge in [-0.1, -0.05) is 6.07 Å². The van der Waals surface area contributed by atoms with Gasteiger partial charge in [0.05, 0.1) is 17.2 Å². The Bertz CT molecular complexity index is 774. The van der Waals surface area contributed by atoms with Crippen molar-refractivity contribution in [2.24, 2.45) is 0 Å². The lowest BCUT2D eigenvalue weighted by atomic mass is 10.1. The number of ether oxygens (including phenoxy) is 1. The molecule has 1 aromatic rings. The zero-order valence-corrected chi connectivity index (χ0v) is 15.2. The number of carbonyl (C=O) groups excluding carboxylic acids is 3. The van der Waals surface area contributed by atoms with Gasteiger partial charge in [0, 0.05) is 13.1 Å². The lowest BCUT2D eigenvalue weighted by Crippen LogP contribution is -2.34. The molecule has 0 bridgehead atoms. The Kier molecular flexibility index (Phi) is 5.61. The first-order chi connectivity index (χ1) is 12.5. The molecule has 2 heterocycles. The van der Waals surface area contributed by atoms with Crippen molar-refractivity contribution < 1.29 is 23.5 Å². The van der Waals surface area contributed by atoms with Crippen LogP contribution in [0.1, 0.15) is 25.3 Å². The fourth-order valence-corrected chi connectivity index (χ4v) is 3.79. The minimum Gasteiger partial charge on any atom is -0.465 e. The number of carbonyl (C=O) groups is 3. The summed E-state index contributed by atoms with van der Waals surface area (Å²) < 4.78 is 19.1. The number of esters is 1. The lowest BCUT2D eigenvalue weighted by molar-refractivity contribution is -0.145. The molecule has 0 unspecified atom stereocenters. The van der Waals surface area contributed by atoms with E-state index in [0.29, 0.717) is 11.3 Å². The highest BCUT2D eigenvalue weighted by atomic mass is 32.2. The molecule has 0 N–H and O–H groups in total. The van der Waals surface area contributed by atoms with Gasteiger partial charge < -0.3 is 9.64 Å². The summed E-state index contributed by atoms with van der Waals surface area (Å²) in [5.74, 6) is -1.57. The lowest BCUT2D eigenvalue weighted by Gasteiger charge is -2.18. The minimum atomic E-state index is -0.642. The van der Waals surface area contributed by atoms with Crippen LogP contribution in [0.4, 0.5) is 14.9 Å². The van der Waals surface area contributed by atoms with Crippen molar-refractivity contribution in [3.05, 3.63) is 34.5 Å². The second-order valence-corrected chi connectivity index (χ2v) is 6.97. The summed E-state index contributed by atoms with van der Waals surface area (Å²) in [5, 5.41) is -0.538. The summed E-state index contributed by atoms with van der Waals surface area (Å²) in [6.45, 7) is 3.07. The normalized spacial score (nSPS) is 18.9. The van der Waals surface area contributed by atoms with E-state index in [1.807, 2.05) is 4.90 Å². The second-order valence-electron chi connectivity index (χ2n) is 5.98. The monoisotopic (exact) mass is 378 g/mol. The highest BCUT2D eigenvalue weighted by molar-refractivity contribution is 8.18. The molecule has 0 aliphatic carbocycles. The van der Waals surface area contributed by atoms with Gasteiger partial charge in [-0.05, 0) is 55.3 Å². The van der Waals surface area contributed by atoms with E-state index in [1.165, 1.54) is 12.1 Å². The molecule has 2 saturated heterocycles. The summed E-state index contributed by atoms with van der Waals surface area (Å²) in [6.07, 6.45) is 3.57. The second kappa shape index (κ2) is 7.90. The van der Waals surface area contributed by atoms with Crippen molar-refractivity contribution in [3.63, 3.8) is 0 Å². The van der Waals surface area contributed by atoms with Crippen LogP contribution in [0.25, 0.3) is 6.08 Å². The summed E-state index contributed by atoms with van der Waals surface area (Å²) in [4.78, 5) is 38.8. The standard InChI is InChI=1S/C18H19FN2O4S/c1-2-25-16(22)11-21-17(23)15(26-18(21)24)10-12-5-6-14(13(19)9-12)20-7-3-4-8-20/h5-6,9-10H,2-4,7-8,11H2,1H3/b15-10+. The van der Waals surface area contributed by atoms with E-state index in [-0.39, 0.29) is 17.3 Å². The molecule has 2 amide bonds. The maximum Gasteiger partial charge on any atom is 0.326 e. The number of hydrogen-bond donors (Lipinski definition) is 0. The average Bonchev–Trinajstić information content (AvgIpc) is 3.20. The molecule has 2 aliphatic heterocycles. The molecular weight excluding hydrogens is 359 g/mol. The van der Waals surface area contributed by atoms with Crippen LogP contribution in [0, 0.1) is 5.82 Å². The molecule has 8 heteroatoms. The highest BCUT2D eigenvalue weighted by Gasteiger charge is 2.36. The third-order valence-electron chi connectivity index (χ3n) is 4.18. The maximum absolute atomic E-state index is 14.4. The maximum atomic E-state index is 14.4. The molecule has 0 saturated carbocycles. The number of thioether (sulfide) groups is 1. The van der Waals surface area contributed by atoms with Crippen LogP contribution in [-0.2, 0) is 14.3 Å². The van der Waals surface area contributed by atoms with E-state index in [4.69, 9.17) is 4.74 Å². The predicted octanol–water partition coefficient (Wildman–Crippen LogP) is 3.03. The Morgan fingerprint density at radius 3 is 2.69 bits per heavy atom. The highest BCUT2D eigenvalue weighted by Crippen LogP contribution is 2.33. The SMILES string of the molecule is CCOC(=O)CN1C(=O)S/C(=C/c2ccc(N3CCCC3)c(F)c2)C1=O. The number of hydrogen-bond acceptors (Lipinski definition) is 6. The van der Waals surface area contributed by atoms with E-state index in [1.54, 1.807) is 19.1 Å². The molecule has 6 nitrogen and oxygen atoms in total. The first kappa shape index (κ1) is 18.4. The predicted molar refractivity (Wildman–Crippen MR) is 97.2 cm³/mol. The van der Waals surface area contributed by atoms with Crippen LogP contribution in [0.2, 0.25) is 0 Å². The van der Waals surface area contributed by atoms with Gasteiger partial charge in [-0.2, -0.15) is 0 Å². The van der Waals surface area contributed by atoms with Crippen LogP contribution >= 0.6 is 11.8 Å². The quantitative estimate of drug-likeness (QED) is 0.580. The third kappa shape index (κ3) is 3.90. The van der Waals surface area contributed by atoms with Gasteiger partial charge in [-0.3, -0.25) is 19.3 Å². The molecule has 2 aliphatic rings. The van der Waals surface area contributed by atoms with Gasteiger partial charge >= 0.3 is 5.97 Å². The smallest absolute Gasteiger partial charge is 0.326 e. The number of rotatable bonds is 5. The summed E-state index contributed by atoms with van der Waals surface area (Å²) >= 11 is 0.730. The molecule has 3 rings (SSSR count). The van der Waals surface area contributed by atoms with Gasteiger partial charge in [0.2, 0.25) is 0 Å². The van der Waals surface area contributed by atoms with Gasteiger partial charge in [-0.15, -0.1) is 0 Å². The number of halogens is 1. The van der Waals surface area contributed by atoms with E-state index in [2.05, 4.69) is 0 Å². The summed E-state index contributed by atoms with van der Waals surface area (Å²) in [6, 6.07) is 4.76. The van der Waals surface area contributed by atoms with Crippen LogP contribution in [-0.4, -0.2) is 48.3 Å². The van der Waals surface area contributed by atoms with E-state index < -0.39 is 23.7 Å². The Morgan fingerprint density at radius 2 is 2.04 bits per heavy atom. The van der Waals surface area contributed by atoms with E-state index >= 15 is 0 Å². The number of anilines is 1. The Balaban J connectivity index is 1.75. The van der Waals surface area contributed by atoms with Crippen molar-refractivity contribution in [1.29, 1.82) is 0 Å². The fourth-order valence-electron chi connectivity index (χ4n) is 2.95. The van der Waals surface area contributed by atoms with E-state index in [0.717, 1.165) is 42.6 Å². The van der Waals surface area contributed by atoms with Crippen molar-refractivity contribution >= 4 is 40.6 Å². The minimum absolute atomic E-state index is 0.160. The number of amides is 2. The van der Waals surface area contributed by atoms with Crippen LogP contribution in [0.15, 0.2) is 23.1 Å². The average molecular weight is 378 g/mol. The first-order valence-corrected chi connectivity index (χ1v) is 9.26. The van der Waals surface area contributed by atoms with Gasteiger partial charge in [0.25, 0.3) is 11.1 Å². The number of nitrogens with zero attached hydrogens (tertiary/aromatic N) is 2. The van der Waals surface area contributed by atoms with Crippen LogP contribution in [0.5, 0.6) is 0 Å². The number of benzene rings is 1. The first-order valence-electron chi connectivity index (χ1n) is 8.45. The number of imide groups is 1. The molecule has 138 valence electrons. The van der Waals surface area contributed by atoms with Crippen molar-refractivity contribution in [2.75, 3.05) is 31.1 Å². The molecule has 2 fully saturated rings. The van der Waals surface area contributed by atoms with Gasteiger partial charge in [0.15, 0.2) is 0 Å². The van der Waals surface area contributed by atoms with Crippen molar-refractivity contribution in [2.45, 2.75) is 19.8 Å². The summed E-state index contributed by atoms with van der Waals surface area (Å²) in [5.41, 5.74) is 1.04. The fraction of sp³-hybridized carbons (Fsp3) is 0.389. The van der Waals surface area contributed by atoms with Gasteiger partial charge in [-0.25, -0.2) is 4.39 Å². The third-order valence-corrected chi connectivity index (χ3v) is 5.09. The molecule has 1 aromatic carbocycles. The van der Waals surface area contributed by atoms with Crippen molar-refractivity contribution in [1.82, 2.24) is 4.90 Å². The largest absolute Gasteiger partial charge is 0.465 e. The zero-order chi connectivity index (χ0) is 18.7. The summed E-state index contributed by atoms with van der Waals surface area (Å²) in [7, 11) is 0. The molecule has 0 atom stereocenters. The molecule has 0 radical (unpaired) electrons. The van der Waals surface area contributed by atoms with Crippen LogP contribution in [0.3, 0.4) is 0 Å². The Labute approximate surface area is 155 Å². The molecule has 0 aromatic heterocycles. The molecular formula is C18H19FN2O4S. The van der Waals surface area contributed by atoms with Crippen molar-refractivity contribution in [3.8, 4) is 0 Å². The molecule has 0 spiro atoms.